The van der Waals surface area contributed by atoms with E-state index in [-0.39, 0.29) is 10.8 Å². The standard InChI is InChI=1S/C11H24N2O2S2/c1-10(2,3)15-9(14)13-8-11(4,5)17-16-7-6-12/h6-8,12H2,1-5H3,(H,13,14). The molecule has 0 fully saturated rings. The van der Waals surface area contributed by atoms with Gasteiger partial charge in [-0.3, -0.25) is 0 Å². The molecule has 0 aliphatic heterocycles. The van der Waals surface area contributed by atoms with Gasteiger partial charge in [0.25, 0.3) is 0 Å². The third-order valence-electron chi connectivity index (χ3n) is 1.54. The highest BCUT2D eigenvalue weighted by atomic mass is 33.1. The number of nitrogens with one attached hydrogen (secondary N) is 1. The van der Waals surface area contributed by atoms with Crippen LogP contribution in [-0.4, -0.2) is 35.3 Å². The van der Waals surface area contributed by atoms with Crippen LogP contribution in [0.25, 0.3) is 0 Å². The van der Waals surface area contributed by atoms with Crippen LogP contribution in [0.15, 0.2) is 0 Å². The second kappa shape index (κ2) is 7.38. The molecule has 0 rings (SSSR count). The summed E-state index contributed by atoms with van der Waals surface area (Å²) in [5, 5.41) is 2.78. The molecule has 6 heteroatoms. The maximum absolute atomic E-state index is 11.5. The monoisotopic (exact) mass is 280 g/mol. The summed E-state index contributed by atoms with van der Waals surface area (Å²) in [5.74, 6) is 0.917. The molecule has 0 aliphatic carbocycles. The fourth-order valence-corrected chi connectivity index (χ4v) is 3.18. The van der Waals surface area contributed by atoms with Gasteiger partial charge in [-0.1, -0.05) is 21.6 Å². The molecule has 0 aromatic heterocycles. The minimum atomic E-state index is -0.449. The summed E-state index contributed by atoms with van der Waals surface area (Å²) in [6.45, 7) is 11.0. The fraction of sp³-hybridized carbons (Fsp3) is 0.909. The van der Waals surface area contributed by atoms with Crippen LogP contribution < -0.4 is 11.1 Å². The van der Waals surface area contributed by atoms with Gasteiger partial charge < -0.3 is 15.8 Å². The van der Waals surface area contributed by atoms with E-state index in [4.69, 9.17) is 10.5 Å². The molecule has 3 N–H and O–H groups in total. The Balaban J connectivity index is 3.88. The van der Waals surface area contributed by atoms with Gasteiger partial charge >= 0.3 is 6.09 Å². The van der Waals surface area contributed by atoms with Crippen molar-refractivity contribution >= 4 is 27.7 Å². The molecule has 1 amide bonds. The molecule has 17 heavy (non-hydrogen) atoms. The maximum atomic E-state index is 11.5. The molecule has 0 heterocycles. The van der Waals surface area contributed by atoms with Crippen molar-refractivity contribution in [2.45, 2.75) is 45.0 Å². The van der Waals surface area contributed by atoms with Gasteiger partial charge in [-0.15, -0.1) is 0 Å². The normalized spacial score (nSPS) is 12.4. The molecule has 0 aliphatic rings. The lowest BCUT2D eigenvalue weighted by molar-refractivity contribution is 0.0524. The number of alkyl carbamates (subject to hydrolysis) is 1. The molecule has 0 saturated heterocycles. The SMILES string of the molecule is CC(C)(C)OC(=O)NCC(C)(C)SSCCN. The van der Waals surface area contributed by atoms with Gasteiger partial charge in [0.15, 0.2) is 0 Å². The zero-order chi connectivity index (χ0) is 13.5. The van der Waals surface area contributed by atoms with Crippen molar-refractivity contribution in [3.63, 3.8) is 0 Å². The zero-order valence-electron chi connectivity index (χ0n) is 11.3. The third kappa shape index (κ3) is 10.8. The average molecular weight is 280 g/mol. The summed E-state index contributed by atoms with van der Waals surface area (Å²) in [7, 11) is 3.45. The van der Waals surface area contributed by atoms with Gasteiger partial charge in [0.05, 0.1) is 0 Å². The van der Waals surface area contributed by atoms with Crippen LogP contribution in [0.2, 0.25) is 0 Å². The Morgan fingerprint density at radius 2 is 1.88 bits per heavy atom. The minimum Gasteiger partial charge on any atom is -0.444 e. The Bertz CT molecular complexity index is 240. The first-order valence-electron chi connectivity index (χ1n) is 5.64. The van der Waals surface area contributed by atoms with Crippen LogP contribution in [0.3, 0.4) is 0 Å². The van der Waals surface area contributed by atoms with Gasteiger partial charge in [0, 0.05) is 23.6 Å². The molecule has 0 saturated carbocycles. The van der Waals surface area contributed by atoms with E-state index in [2.05, 4.69) is 19.2 Å². The lowest BCUT2D eigenvalue weighted by Gasteiger charge is -2.25. The lowest BCUT2D eigenvalue weighted by Crippen LogP contribution is -2.39. The van der Waals surface area contributed by atoms with Gasteiger partial charge in [0.1, 0.15) is 5.60 Å². The maximum Gasteiger partial charge on any atom is 0.407 e. The lowest BCUT2D eigenvalue weighted by atomic mass is 10.2. The minimum absolute atomic E-state index is 0.0310. The van der Waals surface area contributed by atoms with Crippen molar-refractivity contribution in [3.8, 4) is 0 Å². The molecular formula is C11H24N2O2S2. The van der Waals surface area contributed by atoms with Crippen LogP contribution in [0.4, 0.5) is 4.79 Å². The van der Waals surface area contributed by atoms with E-state index in [9.17, 15) is 4.79 Å². The van der Waals surface area contributed by atoms with Crippen LogP contribution in [0.5, 0.6) is 0 Å². The van der Waals surface area contributed by atoms with E-state index < -0.39 is 5.60 Å². The highest BCUT2D eigenvalue weighted by Gasteiger charge is 2.22. The topological polar surface area (TPSA) is 64.3 Å². The number of hydrogen-bond acceptors (Lipinski definition) is 5. The first-order valence-corrected chi connectivity index (χ1v) is 7.96. The smallest absolute Gasteiger partial charge is 0.407 e. The summed E-state index contributed by atoms with van der Waals surface area (Å²) in [5.41, 5.74) is 4.98. The van der Waals surface area contributed by atoms with Crippen molar-refractivity contribution in [2.75, 3.05) is 18.8 Å². The van der Waals surface area contributed by atoms with Gasteiger partial charge in [-0.2, -0.15) is 0 Å². The molecule has 0 bridgehead atoms. The van der Waals surface area contributed by atoms with Crippen molar-refractivity contribution in [3.05, 3.63) is 0 Å². The van der Waals surface area contributed by atoms with Crippen molar-refractivity contribution in [1.29, 1.82) is 0 Å². The van der Waals surface area contributed by atoms with E-state index in [0.717, 1.165) is 5.75 Å². The Kier molecular flexibility index (Phi) is 7.35. The first kappa shape index (κ1) is 16.9. The number of carbonyl (C=O) groups is 1. The quantitative estimate of drug-likeness (QED) is 0.578. The summed E-state index contributed by atoms with van der Waals surface area (Å²) >= 11 is 0. The number of amides is 1. The molecular weight excluding hydrogens is 256 g/mol. The second-order valence-corrected chi connectivity index (χ2v) is 8.43. The number of hydrogen-bond donors (Lipinski definition) is 2. The summed E-state index contributed by atoms with van der Waals surface area (Å²) < 4.78 is 5.14. The molecule has 0 radical (unpaired) electrons. The molecule has 0 spiro atoms. The second-order valence-electron chi connectivity index (χ2n) is 5.31. The van der Waals surface area contributed by atoms with Crippen LogP contribution in [-0.2, 0) is 4.74 Å². The van der Waals surface area contributed by atoms with E-state index >= 15 is 0 Å². The summed E-state index contributed by atoms with van der Waals surface area (Å²) in [4.78, 5) is 11.5. The largest absolute Gasteiger partial charge is 0.444 e. The van der Waals surface area contributed by atoms with Crippen molar-refractivity contribution < 1.29 is 9.53 Å². The Morgan fingerprint density at radius 3 is 2.35 bits per heavy atom. The van der Waals surface area contributed by atoms with Crippen LogP contribution in [0.1, 0.15) is 34.6 Å². The summed E-state index contributed by atoms with van der Waals surface area (Å²) in [6.07, 6.45) is -0.366. The van der Waals surface area contributed by atoms with E-state index in [1.165, 1.54) is 0 Å². The van der Waals surface area contributed by atoms with Crippen molar-refractivity contribution in [1.82, 2.24) is 5.32 Å². The zero-order valence-corrected chi connectivity index (χ0v) is 13.0. The van der Waals surface area contributed by atoms with E-state index in [1.807, 2.05) is 20.8 Å². The molecule has 0 atom stereocenters. The predicted molar refractivity (Wildman–Crippen MR) is 77.4 cm³/mol. The number of carbonyl (C=O) groups excluding carboxylic acids is 1. The Labute approximate surface area is 112 Å². The number of nitrogens with two attached hydrogens (primary N) is 1. The van der Waals surface area contributed by atoms with Gasteiger partial charge in [0.2, 0.25) is 0 Å². The fourth-order valence-electron chi connectivity index (χ4n) is 0.878. The molecule has 0 aromatic rings. The van der Waals surface area contributed by atoms with Crippen LogP contribution >= 0.6 is 21.6 Å². The molecule has 0 unspecified atom stereocenters. The van der Waals surface area contributed by atoms with E-state index in [0.29, 0.717) is 13.1 Å². The Morgan fingerprint density at radius 1 is 1.29 bits per heavy atom. The molecule has 0 aromatic carbocycles. The molecule has 102 valence electrons. The molecule has 4 nitrogen and oxygen atoms in total. The van der Waals surface area contributed by atoms with Crippen molar-refractivity contribution in [2.24, 2.45) is 5.73 Å². The van der Waals surface area contributed by atoms with Gasteiger partial charge in [-0.05, 0) is 34.6 Å². The highest BCUT2D eigenvalue weighted by Crippen LogP contribution is 2.34. The highest BCUT2D eigenvalue weighted by molar-refractivity contribution is 8.77. The average Bonchev–Trinajstić information content (AvgIpc) is 2.13. The summed E-state index contributed by atoms with van der Waals surface area (Å²) in [6, 6.07) is 0. The van der Waals surface area contributed by atoms with E-state index in [1.54, 1.807) is 21.6 Å². The van der Waals surface area contributed by atoms with Crippen LogP contribution in [0, 0.1) is 0 Å². The first-order chi connectivity index (χ1) is 7.66. The number of rotatable bonds is 6. The third-order valence-corrected chi connectivity index (χ3v) is 4.87. The number of ether oxygens (including phenoxy) is 1. The Hall–Kier alpha value is -0.0700. The van der Waals surface area contributed by atoms with Gasteiger partial charge in [-0.25, -0.2) is 4.79 Å². The predicted octanol–water partition coefficient (Wildman–Crippen LogP) is 2.63.